The van der Waals surface area contributed by atoms with E-state index in [4.69, 9.17) is 11.6 Å². The first-order valence-electron chi connectivity index (χ1n) is 9.03. The molecule has 0 bridgehead atoms. The predicted molar refractivity (Wildman–Crippen MR) is 112 cm³/mol. The highest BCUT2D eigenvalue weighted by Crippen LogP contribution is 2.19. The van der Waals surface area contributed by atoms with Gasteiger partial charge in [0.1, 0.15) is 11.6 Å². The van der Waals surface area contributed by atoms with E-state index in [-0.39, 0.29) is 35.0 Å². The molecule has 3 aromatic rings. The topological polar surface area (TPSA) is 104 Å². The van der Waals surface area contributed by atoms with Gasteiger partial charge in [0, 0.05) is 36.0 Å². The summed E-state index contributed by atoms with van der Waals surface area (Å²) in [5.41, 5.74) is 1.62. The van der Waals surface area contributed by atoms with Crippen molar-refractivity contribution in [3.63, 3.8) is 0 Å². The third-order valence-electron chi connectivity index (χ3n) is 4.10. The van der Waals surface area contributed by atoms with E-state index in [1.807, 2.05) is 0 Å². The zero-order valence-corrected chi connectivity index (χ0v) is 16.7. The van der Waals surface area contributed by atoms with Gasteiger partial charge in [-0.15, -0.1) is 0 Å². The number of nitrogens with one attached hydrogen (secondary N) is 3. The van der Waals surface area contributed by atoms with Crippen molar-refractivity contribution in [2.45, 2.75) is 13.3 Å². The van der Waals surface area contributed by atoms with Crippen LogP contribution in [-0.4, -0.2) is 28.3 Å². The number of carbonyl (C=O) groups excluding carboxylic acids is 2. The van der Waals surface area contributed by atoms with Gasteiger partial charge in [0.15, 0.2) is 0 Å². The van der Waals surface area contributed by atoms with Crippen LogP contribution >= 0.6 is 11.6 Å². The van der Waals surface area contributed by atoms with Gasteiger partial charge in [-0.2, -0.15) is 0 Å². The molecule has 30 heavy (non-hydrogen) atoms. The lowest BCUT2D eigenvalue weighted by molar-refractivity contribution is -0.116. The van der Waals surface area contributed by atoms with Crippen LogP contribution in [0.5, 0.6) is 0 Å². The molecule has 7 nitrogen and oxygen atoms in total. The molecule has 0 atom stereocenters. The van der Waals surface area contributed by atoms with E-state index in [9.17, 15) is 18.8 Å². The van der Waals surface area contributed by atoms with Crippen molar-refractivity contribution in [1.82, 2.24) is 15.3 Å². The van der Waals surface area contributed by atoms with E-state index >= 15 is 0 Å². The van der Waals surface area contributed by atoms with E-state index < -0.39 is 11.7 Å². The Kier molecular flexibility index (Phi) is 6.58. The summed E-state index contributed by atoms with van der Waals surface area (Å²) in [6.45, 7) is 1.79. The van der Waals surface area contributed by atoms with E-state index in [0.717, 1.165) is 12.1 Å². The average Bonchev–Trinajstić information content (AvgIpc) is 2.67. The number of hydrogen-bond donors (Lipinski definition) is 3. The van der Waals surface area contributed by atoms with E-state index in [1.165, 1.54) is 12.1 Å². The van der Waals surface area contributed by atoms with Crippen LogP contribution in [0.2, 0.25) is 5.02 Å². The Labute approximate surface area is 176 Å². The van der Waals surface area contributed by atoms with Gasteiger partial charge in [-0.25, -0.2) is 9.37 Å². The molecule has 2 amide bonds. The van der Waals surface area contributed by atoms with E-state index in [0.29, 0.717) is 22.8 Å². The molecule has 3 N–H and O–H groups in total. The average molecular weight is 429 g/mol. The number of aromatic amines is 1. The SMILES string of the molecule is Cc1cc(=O)[nH]c(-c2cccc(NC(=O)CCNC(=O)c3ccc(F)cc3Cl)c2)n1. The van der Waals surface area contributed by atoms with Gasteiger partial charge in [0.05, 0.1) is 10.6 Å². The minimum Gasteiger partial charge on any atom is -0.351 e. The highest BCUT2D eigenvalue weighted by atomic mass is 35.5. The van der Waals surface area contributed by atoms with Crippen molar-refractivity contribution in [2.75, 3.05) is 11.9 Å². The normalized spacial score (nSPS) is 10.5. The summed E-state index contributed by atoms with van der Waals surface area (Å²) in [5.74, 6) is -0.949. The van der Waals surface area contributed by atoms with Crippen LogP contribution in [-0.2, 0) is 4.79 Å². The molecule has 1 heterocycles. The number of halogens is 2. The largest absolute Gasteiger partial charge is 0.351 e. The highest BCUT2D eigenvalue weighted by molar-refractivity contribution is 6.33. The van der Waals surface area contributed by atoms with Gasteiger partial charge in [-0.05, 0) is 37.3 Å². The first-order valence-corrected chi connectivity index (χ1v) is 9.41. The van der Waals surface area contributed by atoms with Gasteiger partial charge in [0.25, 0.3) is 11.5 Å². The van der Waals surface area contributed by atoms with Gasteiger partial charge in [-0.3, -0.25) is 14.4 Å². The number of aryl methyl sites for hydroxylation is 1. The Hall–Kier alpha value is -3.52. The second-order valence-electron chi connectivity index (χ2n) is 6.49. The number of rotatable bonds is 6. The number of hydrogen-bond acceptors (Lipinski definition) is 4. The first kappa shape index (κ1) is 21.2. The monoisotopic (exact) mass is 428 g/mol. The highest BCUT2D eigenvalue weighted by Gasteiger charge is 2.12. The van der Waals surface area contributed by atoms with Gasteiger partial charge in [-0.1, -0.05) is 23.7 Å². The van der Waals surface area contributed by atoms with Crippen LogP contribution in [0.1, 0.15) is 22.5 Å². The molecule has 0 aliphatic heterocycles. The Balaban J connectivity index is 1.57. The molecule has 0 aliphatic carbocycles. The lowest BCUT2D eigenvalue weighted by Gasteiger charge is -2.09. The van der Waals surface area contributed by atoms with Crippen LogP contribution < -0.4 is 16.2 Å². The van der Waals surface area contributed by atoms with E-state index in [1.54, 1.807) is 31.2 Å². The number of aromatic nitrogens is 2. The number of anilines is 1. The predicted octanol–water partition coefficient (Wildman–Crippen LogP) is 3.30. The standard InChI is InChI=1S/C21H18ClFN4O3/c1-12-9-19(29)27-20(25-12)13-3-2-4-15(10-13)26-18(28)7-8-24-21(30)16-6-5-14(23)11-17(16)22/h2-6,9-11H,7-8H2,1H3,(H,24,30)(H,26,28)(H,25,27,29). The number of benzene rings is 2. The molecule has 1 aromatic heterocycles. The van der Waals surface area contributed by atoms with Crippen molar-refractivity contribution in [3.8, 4) is 11.4 Å². The molecule has 0 saturated heterocycles. The fourth-order valence-corrected chi connectivity index (χ4v) is 2.99. The molecule has 0 unspecified atom stereocenters. The lowest BCUT2D eigenvalue weighted by atomic mass is 10.1. The summed E-state index contributed by atoms with van der Waals surface area (Å²) >= 11 is 5.85. The molecule has 0 saturated carbocycles. The van der Waals surface area contributed by atoms with Crippen LogP contribution in [0.3, 0.4) is 0 Å². The summed E-state index contributed by atoms with van der Waals surface area (Å²) in [4.78, 5) is 42.8. The van der Waals surface area contributed by atoms with Crippen LogP contribution in [0.15, 0.2) is 53.3 Å². The Morgan fingerprint density at radius 2 is 1.97 bits per heavy atom. The third-order valence-corrected chi connectivity index (χ3v) is 4.42. The molecule has 9 heteroatoms. The summed E-state index contributed by atoms with van der Waals surface area (Å²) in [5, 5.41) is 5.29. The molecule has 154 valence electrons. The molecular weight excluding hydrogens is 411 g/mol. The van der Waals surface area contributed by atoms with Crippen molar-refractivity contribution in [2.24, 2.45) is 0 Å². The Bertz CT molecular complexity index is 1160. The number of nitrogens with zero attached hydrogens (tertiary/aromatic N) is 1. The quantitative estimate of drug-likeness (QED) is 0.560. The molecular formula is C21H18ClFN4O3. The Morgan fingerprint density at radius 3 is 2.70 bits per heavy atom. The number of carbonyl (C=O) groups is 2. The summed E-state index contributed by atoms with van der Waals surface area (Å²) in [6.07, 6.45) is 0.0221. The van der Waals surface area contributed by atoms with Crippen LogP contribution in [0.25, 0.3) is 11.4 Å². The zero-order valence-electron chi connectivity index (χ0n) is 16.0. The molecule has 0 radical (unpaired) electrons. The molecule has 0 aliphatic rings. The molecule has 0 fully saturated rings. The summed E-state index contributed by atoms with van der Waals surface area (Å²) in [7, 11) is 0. The summed E-state index contributed by atoms with van der Waals surface area (Å²) < 4.78 is 13.1. The van der Waals surface area contributed by atoms with Crippen molar-refractivity contribution in [1.29, 1.82) is 0 Å². The maximum absolute atomic E-state index is 13.1. The minimum absolute atomic E-state index is 0.00318. The fraction of sp³-hybridized carbons (Fsp3) is 0.143. The fourth-order valence-electron chi connectivity index (χ4n) is 2.74. The van der Waals surface area contributed by atoms with Crippen LogP contribution in [0.4, 0.5) is 10.1 Å². The third kappa shape index (κ3) is 5.51. The molecule has 0 spiro atoms. The van der Waals surface area contributed by atoms with Gasteiger partial charge in [0.2, 0.25) is 5.91 Å². The van der Waals surface area contributed by atoms with Gasteiger partial charge < -0.3 is 15.6 Å². The van der Waals surface area contributed by atoms with Crippen molar-refractivity contribution < 1.29 is 14.0 Å². The Morgan fingerprint density at radius 1 is 1.17 bits per heavy atom. The second kappa shape index (κ2) is 9.32. The van der Waals surface area contributed by atoms with E-state index in [2.05, 4.69) is 20.6 Å². The lowest BCUT2D eigenvalue weighted by Crippen LogP contribution is -2.27. The van der Waals surface area contributed by atoms with Gasteiger partial charge >= 0.3 is 0 Å². The zero-order chi connectivity index (χ0) is 21.7. The van der Waals surface area contributed by atoms with Crippen molar-refractivity contribution >= 4 is 29.1 Å². The number of H-pyrrole nitrogens is 1. The number of amides is 2. The molecule has 2 aromatic carbocycles. The maximum atomic E-state index is 13.1. The van der Waals surface area contributed by atoms with Crippen LogP contribution in [0, 0.1) is 12.7 Å². The molecule has 3 rings (SSSR count). The minimum atomic E-state index is -0.539. The smallest absolute Gasteiger partial charge is 0.252 e. The first-order chi connectivity index (χ1) is 14.3. The second-order valence-corrected chi connectivity index (χ2v) is 6.90. The van der Waals surface area contributed by atoms with Crippen molar-refractivity contribution in [3.05, 3.63) is 81.0 Å². The summed E-state index contributed by atoms with van der Waals surface area (Å²) in [6, 6.07) is 11.7. The maximum Gasteiger partial charge on any atom is 0.252 e.